The predicted octanol–water partition coefficient (Wildman–Crippen LogP) is 4.73. The highest BCUT2D eigenvalue weighted by Crippen LogP contribution is 2.34. The van der Waals surface area contributed by atoms with Gasteiger partial charge in [0, 0.05) is 11.6 Å². The molecule has 1 amide bonds. The molecule has 7 heteroatoms. The highest BCUT2D eigenvalue weighted by atomic mass is 16.5. The molecule has 7 nitrogen and oxygen atoms in total. The van der Waals surface area contributed by atoms with Crippen molar-refractivity contribution in [3.05, 3.63) is 54.3 Å². The van der Waals surface area contributed by atoms with Gasteiger partial charge in [0.2, 0.25) is 17.6 Å². The van der Waals surface area contributed by atoms with E-state index in [0.29, 0.717) is 30.1 Å². The van der Waals surface area contributed by atoms with E-state index in [1.807, 2.05) is 41.3 Å². The van der Waals surface area contributed by atoms with Crippen molar-refractivity contribution in [3.8, 4) is 17.1 Å². The quantitative estimate of drug-likeness (QED) is 0.546. The summed E-state index contributed by atoms with van der Waals surface area (Å²) in [6, 6.07) is 11.3. The van der Waals surface area contributed by atoms with E-state index in [9.17, 15) is 4.79 Å². The number of aromatic nitrogens is 2. The summed E-state index contributed by atoms with van der Waals surface area (Å²) in [5.74, 6) is 3.29. The Hall–Kier alpha value is -3.09. The lowest BCUT2D eigenvalue weighted by Crippen LogP contribution is -2.47. The summed E-state index contributed by atoms with van der Waals surface area (Å²) in [6.07, 6.45) is 5.04. The molecule has 0 aliphatic heterocycles. The number of benzene rings is 1. The van der Waals surface area contributed by atoms with E-state index >= 15 is 0 Å². The van der Waals surface area contributed by atoms with Crippen LogP contribution in [0.25, 0.3) is 11.4 Å². The molecule has 1 fully saturated rings. The minimum absolute atomic E-state index is 0.0210. The molecule has 2 heterocycles. The van der Waals surface area contributed by atoms with E-state index < -0.39 is 0 Å². The fourth-order valence-electron chi connectivity index (χ4n) is 4.37. The zero-order valence-corrected chi connectivity index (χ0v) is 18.3. The van der Waals surface area contributed by atoms with Gasteiger partial charge in [-0.25, -0.2) is 0 Å². The van der Waals surface area contributed by atoms with Crippen LogP contribution in [0.3, 0.4) is 0 Å². The van der Waals surface area contributed by atoms with Crippen LogP contribution >= 0.6 is 0 Å². The number of carbonyl (C=O) groups is 1. The molecule has 164 valence electrons. The largest absolute Gasteiger partial charge is 0.497 e. The smallest absolute Gasteiger partial charge is 0.236 e. The van der Waals surface area contributed by atoms with Gasteiger partial charge in [-0.15, -0.1) is 0 Å². The molecule has 0 unspecified atom stereocenters. The van der Waals surface area contributed by atoms with Gasteiger partial charge < -0.3 is 18.6 Å². The van der Waals surface area contributed by atoms with E-state index in [4.69, 9.17) is 13.7 Å². The first kappa shape index (κ1) is 21.2. The van der Waals surface area contributed by atoms with Gasteiger partial charge in [0.15, 0.2) is 0 Å². The van der Waals surface area contributed by atoms with Crippen LogP contribution in [0.2, 0.25) is 0 Å². The van der Waals surface area contributed by atoms with Crippen molar-refractivity contribution in [2.45, 2.75) is 52.1 Å². The number of ether oxygens (including phenoxy) is 1. The third-order valence-corrected chi connectivity index (χ3v) is 6.41. The number of amides is 1. The molecule has 0 saturated heterocycles. The fraction of sp³-hybridized carbons (Fsp3) is 0.458. The summed E-state index contributed by atoms with van der Waals surface area (Å²) in [5, 5.41) is 4.05. The molecule has 1 aliphatic carbocycles. The molecule has 0 radical (unpaired) electrons. The van der Waals surface area contributed by atoms with Crippen molar-refractivity contribution in [2.75, 3.05) is 7.11 Å². The first-order chi connectivity index (χ1) is 15.0. The number of nitrogens with zero attached hydrogens (tertiary/aromatic N) is 3. The van der Waals surface area contributed by atoms with Gasteiger partial charge in [0.1, 0.15) is 17.9 Å². The van der Waals surface area contributed by atoms with E-state index in [0.717, 1.165) is 29.9 Å². The van der Waals surface area contributed by atoms with Gasteiger partial charge in [-0.1, -0.05) is 31.8 Å². The highest BCUT2D eigenvalue weighted by molar-refractivity contribution is 5.78. The molecule has 4 rings (SSSR count). The second-order valence-electron chi connectivity index (χ2n) is 8.35. The van der Waals surface area contributed by atoms with Gasteiger partial charge >= 0.3 is 0 Å². The molecule has 2 aromatic heterocycles. The summed E-state index contributed by atoms with van der Waals surface area (Å²) in [7, 11) is 1.62. The van der Waals surface area contributed by atoms with Gasteiger partial charge in [0.05, 0.1) is 19.9 Å². The Labute approximate surface area is 182 Å². The summed E-state index contributed by atoms with van der Waals surface area (Å²) in [4.78, 5) is 19.7. The lowest BCUT2D eigenvalue weighted by molar-refractivity contribution is -0.136. The minimum Gasteiger partial charge on any atom is -0.497 e. The summed E-state index contributed by atoms with van der Waals surface area (Å²) < 4.78 is 16.1. The van der Waals surface area contributed by atoms with Gasteiger partial charge in [-0.3, -0.25) is 4.79 Å². The normalized spacial score (nSPS) is 21.1. The predicted molar refractivity (Wildman–Crippen MR) is 115 cm³/mol. The van der Waals surface area contributed by atoms with Crippen molar-refractivity contribution >= 4 is 5.91 Å². The number of hydrogen-bond acceptors (Lipinski definition) is 6. The SMILES string of the molecule is COc1ccc(-c2noc(CC(=O)N(Cc3ccco3)[C@@H]3CCC[C@@H](C)[C@H]3C)n2)cc1. The highest BCUT2D eigenvalue weighted by Gasteiger charge is 2.35. The Balaban J connectivity index is 1.51. The Morgan fingerprint density at radius 3 is 2.71 bits per heavy atom. The van der Waals surface area contributed by atoms with Crippen LogP contribution < -0.4 is 4.74 Å². The molecule has 3 aromatic rings. The van der Waals surface area contributed by atoms with Crippen LogP contribution in [-0.2, 0) is 17.8 Å². The lowest BCUT2D eigenvalue weighted by atomic mass is 9.77. The van der Waals surface area contributed by atoms with Gasteiger partial charge in [-0.05, 0) is 54.7 Å². The van der Waals surface area contributed by atoms with Crippen molar-refractivity contribution in [1.82, 2.24) is 15.0 Å². The summed E-state index contributed by atoms with van der Waals surface area (Å²) in [5.41, 5.74) is 0.811. The van der Waals surface area contributed by atoms with Crippen LogP contribution in [0.4, 0.5) is 0 Å². The molecule has 1 aliphatic rings. The zero-order chi connectivity index (χ0) is 21.8. The lowest BCUT2D eigenvalue weighted by Gasteiger charge is -2.41. The maximum atomic E-state index is 13.4. The molecule has 31 heavy (non-hydrogen) atoms. The maximum absolute atomic E-state index is 13.4. The average Bonchev–Trinajstić information content (AvgIpc) is 3.46. The Kier molecular flexibility index (Phi) is 6.39. The minimum atomic E-state index is -0.0210. The number of rotatable bonds is 7. The van der Waals surface area contributed by atoms with Crippen LogP contribution in [-0.4, -0.2) is 34.1 Å². The van der Waals surface area contributed by atoms with Crippen LogP contribution in [0, 0.1) is 11.8 Å². The van der Waals surface area contributed by atoms with Crippen LogP contribution in [0.5, 0.6) is 5.75 Å². The Morgan fingerprint density at radius 1 is 1.19 bits per heavy atom. The average molecular weight is 424 g/mol. The number of hydrogen-bond donors (Lipinski definition) is 0. The zero-order valence-electron chi connectivity index (χ0n) is 18.3. The van der Waals surface area contributed by atoms with Crippen molar-refractivity contribution in [2.24, 2.45) is 11.8 Å². The van der Waals surface area contributed by atoms with Crippen molar-refractivity contribution in [3.63, 3.8) is 0 Å². The molecular weight excluding hydrogens is 394 g/mol. The van der Waals surface area contributed by atoms with Gasteiger partial charge in [-0.2, -0.15) is 4.98 Å². The third-order valence-electron chi connectivity index (χ3n) is 6.41. The fourth-order valence-corrected chi connectivity index (χ4v) is 4.37. The van der Waals surface area contributed by atoms with Crippen LogP contribution in [0.1, 0.15) is 44.8 Å². The number of methoxy groups -OCH3 is 1. The van der Waals surface area contributed by atoms with Gasteiger partial charge in [0.25, 0.3) is 0 Å². The molecule has 1 saturated carbocycles. The van der Waals surface area contributed by atoms with E-state index in [-0.39, 0.29) is 18.4 Å². The van der Waals surface area contributed by atoms with Crippen LogP contribution in [0.15, 0.2) is 51.6 Å². The molecule has 0 spiro atoms. The summed E-state index contributed by atoms with van der Waals surface area (Å²) >= 11 is 0. The molecule has 0 N–H and O–H groups in total. The molecular formula is C24H29N3O4. The first-order valence-electron chi connectivity index (χ1n) is 10.8. The third kappa shape index (κ3) is 4.81. The second-order valence-corrected chi connectivity index (χ2v) is 8.35. The first-order valence-corrected chi connectivity index (χ1v) is 10.8. The Bertz CT molecular complexity index is 981. The number of carbonyl (C=O) groups excluding carboxylic acids is 1. The van der Waals surface area contributed by atoms with E-state index in [1.54, 1.807) is 13.4 Å². The van der Waals surface area contributed by atoms with E-state index in [1.165, 1.54) is 6.42 Å². The number of furan rings is 1. The van der Waals surface area contributed by atoms with E-state index in [2.05, 4.69) is 24.0 Å². The van der Waals surface area contributed by atoms with Crippen molar-refractivity contribution in [1.29, 1.82) is 0 Å². The monoisotopic (exact) mass is 423 g/mol. The molecule has 1 aromatic carbocycles. The topological polar surface area (TPSA) is 81.6 Å². The standard InChI is InChI=1S/C24H29N3O4/c1-16-6-4-8-21(17(16)2)27(15-20-7-5-13-30-20)23(28)14-22-25-24(26-31-22)18-9-11-19(29-3)12-10-18/h5,7,9-13,16-17,21H,4,6,8,14-15H2,1-3H3/t16-,17-,21-/m1/s1. The molecule has 0 bridgehead atoms. The van der Waals surface area contributed by atoms with Crippen molar-refractivity contribution < 1.29 is 18.5 Å². The Morgan fingerprint density at radius 2 is 2.00 bits per heavy atom. The maximum Gasteiger partial charge on any atom is 0.236 e. The summed E-state index contributed by atoms with van der Waals surface area (Å²) in [6.45, 7) is 4.96. The molecule has 3 atom stereocenters. The second kappa shape index (κ2) is 9.37.